The van der Waals surface area contributed by atoms with E-state index in [1.165, 1.54) is 0 Å². The van der Waals surface area contributed by atoms with Crippen LogP contribution in [-0.4, -0.2) is 31.2 Å². The van der Waals surface area contributed by atoms with Crippen LogP contribution in [0.1, 0.15) is 26.7 Å². The average Bonchev–Trinajstić information content (AvgIpc) is 2.48. The molecule has 1 saturated heterocycles. The van der Waals surface area contributed by atoms with E-state index in [0.29, 0.717) is 6.61 Å². The van der Waals surface area contributed by atoms with Gasteiger partial charge >= 0.3 is 5.97 Å². The number of carbonyl (C=O) groups is 1. The van der Waals surface area contributed by atoms with Gasteiger partial charge in [0.15, 0.2) is 0 Å². The molecule has 116 valence electrons. The topological polar surface area (TPSA) is 50.4 Å². The molecule has 4 nitrogen and oxygen atoms in total. The first-order valence-electron chi connectivity index (χ1n) is 7.54. The smallest absolute Gasteiger partial charge is 0.332 e. The van der Waals surface area contributed by atoms with E-state index in [9.17, 15) is 4.79 Å². The minimum atomic E-state index is -0.642. The van der Waals surface area contributed by atoms with E-state index < -0.39 is 5.54 Å². The summed E-state index contributed by atoms with van der Waals surface area (Å²) in [4.78, 5) is 12.7. The molecule has 0 aromatic heterocycles. The predicted octanol–water partition coefficient (Wildman–Crippen LogP) is 3.18. The molecule has 0 radical (unpaired) electrons. The van der Waals surface area contributed by atoms with Crippen molar-refractivity contribution in [3.63, 3.8) is 0 Å². The summed E-state index contributed by atoms with van der Waals surface area (Å²) in [6.45, 7) is 6.03. The van der Waals surface area contributed by atoms with Gasteiger partial charge in [0.25, 0.3) is 0 Å². The van der Waals surface area contributed by atoms with Crippen molar-refractivity contribution in [2.45, 2.75) is 32.2 Å². The maximum atomic E-state index is 12.7. The molecule has 1 fully saturated rings. The quantitative estimate of drug-likeness (QED) is 0.797. The van der Waals surface area contributed by atoms with E-state index >= 15 is 0 Å². The molecule has 5 heteroatoms. The number of piperidine rings is 1. The van der Waals surface area contributed by atoms with Gasteiger partial charge in [0.1, 0.15) is 5.54 Å². The van der Waals surface area contributed by atoms with Crippen molar-refractivity contribution in [2.24, 2.45) is 5.92 Å². The van der Waals surface area contributed by atoms with Crippen molar-refractivity contribution in [3.8, 4) is 0 Å². The maximum Gasteiger partial charge on any atom is 0.332 e. The molecule has 1 aliphatic rings. The van der Waals surface area contributed by atoms with Gasteiger partial charge in [-0.05, 0) is 44.5 Å². The molecule has 0 spiro atoms. The Morgan fingerprint density at radius 2 is 2.33 bits per heavy atom. The van der Waals surface area contributed by atoms with Crippen molar-refractivity contribution in [2.75, 3.05) is 25.0 Å². The highest BCUT2D eigenvalue weighted by molar-refractivity contribution is 9.10. The van der Waals surface area contributed by atoms with E-state index in [4.69, 9.17) is 4.74 Å². The van der Waals surface area contributed by atoms with Crippen LogP contribution >= 0.6 is 15.9 Å². The summed E-state index contributed by atoms with van der Waals surface area (Å²) >= 11 is 3.48. The van der Waals surface area contributed by atoms with Gasteiger partial charge < -0.3 is 15.4 Å². The first kappa shape index (κ1) is 16.3. The van der Waals surface area contributed by atoms with Crippen LogP contribution in [0.5, 0.6) is 0 Å². The summed E-state index contributed by atoms with van der Waals surface area (Å²) in [6.07, 6.45) is 1.66. The number of hydrogen-bond acceptors (Lipinski definition) is 4. The van der Waals surface area contributed by atoms with Crippen molar-refractivity contribution in [1.29, 1.82) is 0 Å². The zero-order valence-corrected chi connectivity index (χ0v) is 14.2. The molecule has 0 bridgehead atoms. The number of halogens is 1. The second kappa shape index (κ2) is 7.27. The highest BCUT2D eigenvalue weighted by Gasteiger charge is 2.47. The Bertz CT molecular complexity index is 495. The van der Waals surface area contributed by atoms with Crippen molar-refractivity contribution >= 4 is 27.6 Å². The van der Waals surface area contributed by atoms with Crippen LogP contribution in [0.2, 0.25) is 0 Å². The van der Waals surface area contributed by atoms with Gasteiger partial charge in [-0.25, -0.2) is 4.79 Å². The Balaban J connectivity index is 2.32. The van der Waals surface area contributed by atoms with E-state index in [0.717, 1.165) is 36.1 Å². The second-order valence-electron chi connectivity index (χ2n) is 5.39. The lowest BCUT2D eigenvalue weighted by Crippen LogP contribution is -2.60. The van der Waals surface area contributed by atoms with Gasteiger partial charge in [0.2, 0.25) is 0 Å². The number of benzene rings is 1. The van der Waals surface area contributed by atoms with Crippen molar-refractivity contribution in [3.05, 3.63) is 28.7 Å². The van der Waals surface area contributed by atoms with Crippen LogP contribution in [-0.2, 0) is 9.53 Å². The number of esters is 1. The van der Waals surface area contributed by atoms with Gasteiger partial charge in [0.05, 0.1) is 6.61 Å². The lowest BCUT2D eigenvalue weighted by molar-refractivity contribution is -0.151. The van der Waals surface area contributed by atoms with Gasteiger partial charge in [-0.15, -0.1) is 0 Å². The van der Waals surface area contributed by atoms with Crippen LogP contribution in [0.25, 0.3) is 0 Å². The van der Waals surface area contributed by atoms with E-state index in [2.05, 4.69) is 33.5 Å². The van der Waals surface area contributed by atoms with Crippen molar-refractivity contribution < 1.29 is 9.53 Å². The molecular weight excluding hydrogens is 332 g/mol. The SMILES string of the molecule is CCOC(=O)C1(Nc2cccc(Br)c2)CCNCC1CC. The van der Waals surface area contributed by atoms with Crippen LogP contribution in [0.4, 0.5) is 5.69 Å². The lowest BCUT2D eigenvalue weighted by atomic mass is 9.76. The molecule has 2 atom stereocenters. The Hall–Kier alpha value is -1.07. The van der Waals surface area contributed by atoms with Crippen LogP contribution in [0.15, 0.2) is 28.7 Å². The monoisotopic (exact) mass is 354 g/mol. The highest BCUT2D eigenvalue weighted by atomic mass is 79.9. The summed E-state index contributed by atoms with van der Waals surface area (Å²) in [5.41, 5.74) is 0.300. The molecule has 0 saturated carbocycles. The third kappa shape index (κ3) is 3.58. The Morgan fingerprint density at radius 3 is 3.00 bits per heavy atom. The lowest BCUT2D eigenvalue weighted by Gasteiger charge is -2.43. The van der Waals surface area contributed by atoms with Gasteiger partial charge in [-0.2, -0.15) is 0 Å². The largest absolute Gasteiger partial charge is 0.464 e. The van der Waals surface area contributed by atoms with Crippen molar-refractivity contribution in [1.82, 2.24) is 5.32 Å². The zero-order chi connectivity index (χ0) is 15.3. The molecule has 2 rings (SSSR count). The highest BCUT2D eigenvalue weighted by Crippen LogP contribution is 2.33. The van der Waals surface area contributed by atoms with Gasteiger partial charge in [-0.3, -0.25) is 0 Å². The number of carbonyl (C=O) groups excluding carboxylic acids is 1. The molecular formula is C16H23BrN2O2. The maximum absolute atomic E-state index is 12.7. The van der Waals surface area contributed by atoms with E-state index in [1.807, 2.05) is 31.2 Å². The van der Waals surface area contributed by atoms with E-state index in [1.54, 1.807) is 0 Å². The van der Waals surface area contributed by atoms with E-state index in [-0.39, 0.29) is 11.9 Å². The molecule has 2 N–H and O–H groups in total. The van der Waals surface area contributed by atoms with Crippen LogP contribution < -0.4 is 10.6 Å². The summed E-state index contributed by atoms with van der Waals surface area (Å²) in [6, 6.07) is 7.92. The molecule has 0 amide bonds. The minimum absolute atomic E-state index is 0.140. The summed E-state index contributed by atoms with van der Waals surface area (Å²) in [7, 11) is 0. The normalized spacial score (nSPS) is 25.4. The molecule has 2 unspecified atom stereocenters. The first-order valence-corrected chi connectivity index (χ1v) is 8.33. The minimum Gasteiger partial charge on any atom is -0.464 e. The molecule has 1 heterocycles. The number of ether oxygens (including phenoxy) is 1. The summed E-state index contributed by atoms with van der Waals surface area (Å²) in [5, 5.41) is 6.85. The molecule has 1 aromatic rings. The Morgan fingerprint density at radius 1 is 1.52 bits per heavy atom. The third-order valence-electron chi connectivity index (χ3n) is 4.11. The molecule has 21 heavy (non-hydrogen) atoms. The van der Waals surface area contributed by atoms with Crippen LogP contribution in [0, 0.1) is 5.92 Å². The summed E-state index contributed by atoms with van der Waals surface area (Å²) < 4.78 is 6.37. The second-order valence-corrected chi connectivity index (χ2v) is 6.30. The van der Waals surface area contributed by atoms with Gasteiger partial charge in [0, 0.05) is 22.6 Å². The average molecular weight is 355 g/mol. The number of nitrogens with one attached hydrogen (secondary N) is 2. The fraction of sp³-hybridized carbons (Fsp3) is 0.562. The third-order valence-corrected chi connectivity index (χ3v) is 4.60. The number of rotatable bonds is 5. The fourth-order valence-electron chi connectivity index (χ4n) is 3.00. The first-order chi connectivity index (χ1) is 10.1. The number of hydrogen-bond donors (Lipinski definition) is 2. The Labute approximate surface area is 134 Å². The number of anilines is 1. The molecule has 0 aliphatic carbocycles. The fourth-order valence-corrected chi connectivity index (χ4v) is 3.40. The summed E-state index contributed by atoms with van der Waals surface area (Å²) in [5.74, 6) is 0.0719. The standard InChI is InChI=1S/C16H23BrN2O2/c1-3-12-11-18-9-8-16(12,15(20)21-4-2)19-14-7-5-6-13(17)10-14/h5-7,10,12,18-19H,3-4,8-9,11H2,1-2H3. The van der Waals surface area contributed by atoms with Gasteiger partial charge in [-0.1, -0.05) is 28.9 Å². The zero-order valence-electron chi connectivity index (χ0n) is 12.6. The Kier molecular flexibility index (Phi) is 5.65. The molecule has 1 aromatic carbocycles. The van der Waals surface area contributed by atoms with Crippen LogP contribution in [0.3, 0.4) is 0 Å². The molecule has 1 aliphatic heterocycles. The predicted molar refractivity (Wildman–Crippen MR) is 88.4 cm³/mol.